The van der Waals surface area contributed by atoms with E-state index in [0.29, 0.717) is 11.3 Å². The summed E-state index contributed by atoms with van der Waals surface area (Å²) >= 11 is 0. The van der Waals surface area contributed by atoms with Gasteiger partial charge in [-0.1, -0.05) is 39.8 Å². The third-order valence-electron chi connectivity index (χ3n) is 3.75. The molecule has 0 fully saturated rings. The van der Waals surface area contributed by atoms with Crippen molar-refractivity contribution in [2.45, 2.75) is 39.5 Å². The highest BCUT2D eigenvalue weighted by atomic mass is 19.1. The van der Waals surface area contributed by atoms with E-state index < -0.39 is 5.97 Å². The van der Waals surface area contributed by atoms with Crippen LogP contribution < -0.4 is 0 Å². The maximum absolute atomic E-state index is 13.2. The molecule has 0 atom stereocenters. The molecule has 0 unspecified atom stereocenters. The van der Waals surface area contributed by atoms with Crippen molar-refractivity contribution in [2.75, 3.05) is 7.11 Å². The minimum atomic E-state index is -0.421. The first-order valence-electron chi connectivity index (χ1n) is 7.74. The summed E-state index contributed by atoms with van der Waals surface area (Å²) in [6.45, 7) is 8.10. The van der Waals surface area contributed by atoms with Crippen molar-refractivity contribution < 1.29 is 13.9 Å². The van der Waals surface area contributed by atoms with E-state index in [0.717, 1.165) is 16.8 Å². The molecule has 0 aliphatic carbocycles. The van der Waals surface area contributed by atoms with Crippen LogP contribution in [0.25, 0.3) is 11.1 Å². The van der Waals surface area contributed by atoms with Crippen LogP contribution in [-0.4, -0.2) is 18.1 Å². The van der Waals surface area contributed by atoms with Crippen LogP contribution in [0, 0.1) is 5.82 Å². The van der Waals surface area contributed by atoms with E-state index in [1.54, 1.807) is 12.1 Å². The lowest BCUT2D eigenvalue weighted by molar-refractivity contribution is 0.0599. The van der Waals surface area contributed by atoms with Gasteiger partial charge in [0.2, 0.25) is 0 Å². The summed E-state index contributed by atoms with van der Waals surface area (Å²) in [7, 11) is 1.36. The largest absolute Gasteiger partial charge is 0.465 e. The first-order chi connectivity index (χ1) is 10.8. The van der Waals surface area contributed by atoms with Gasteiger partial charge in [-0.2, -0.15) is 0 Å². The first-order valence-corrected chi connectivity index (χ1v) is 7.74. The SMILES string of the molecule is COC(=O)c1c(-c2ccc(F)cc2)cc(C(C)C)nc1C(C)C. The molecule has 4 heteroatoms. The van der Waals surface area contributed by atoms with Crippen molar-refractivity contribution in [3.8, 4) is 11.1 Å². The Morgan fingerprint density at radius 2 is 1.70 bits per heavy atom. The fourth-order valence-electron chi connectivity index (χ4n) is 2.47. The fraction of sp³-hybridized carbons (Fsp3) is 0.368. The molecule has 1 aromatic carbocycles. The zero-order valence-electron chi connectivity index (χ0n) is 14.2. The van der Waals surface area contributed by atoms with Crippen molar-refractivity contribution in [2.24, 2.45) is 0 Å². The van der Waals surface area contributed by atoms with Gasteiger partial charge >= 0.3 is 5.97 Å². The molecule has 0 saturated carbocycles. The zero-order chi connectivity index (χ0) is 17.1. The number of methoxy groups -OCH3 is 1. The number of rotatable bonds is 4. The van der Waals surface area contributed by atoms with Crippen LogP contribution in [-0.2, 0) is 4.74 Å². The van der Waals surface area contributed by atoms with Crippen LogP contribution >= 0.6 is 0 Å². The number of carbonyl (C=O) groups excluding carboxylic acids is 1. The van der Waals surface area contributed by atoms with E-state index in [1.807, 2.05) is 19.9 Å². The highest BCUT2D eigenvalue weighted by Gasteiger charge is 2.23. The minimum Gasteiger partial charge on any atom is -0.465 e. The summed E-state index contributed by atoms with van der Waals surface area (Å²) in [5.74, 6) is -0.438. The number of benzene rings is 1. The molecule has 0 radical (unpaired) electrons. The molecule has 122 valence electrons. The molecule has 0 saturated heterocycles. The molecule has 0 aliphatic heterocycles. The summed E-state index contributed by atoms with van der Waals surface area (Å²) in [6, 6.07) is 8.02. The lowest BCUT2D eigenvalue weighted by atomic mass is 9.92. The lowest BCUT2D eigenvalue weighted by Crippen LogP contribution is -2.13. The number of carbonyl (C=O) groups is 1. The number of esters is 1. The Balaban J connectivity index is 2.79. The Morgan fingerprint density at radius 1 is 1.09 bits per heavy atom. The second-order valence-corrected chi connectivity index (χ2v) is 6.16. The lowest BCUT2D eigenvalue weighted by Gasteiger charge is -2.18. The Kier molecular flexibility index (Phi) is 5.14. The van der Waals surface area contributed by atoms with Gasteiger partial charge in [-0.15, -0.1) is 0 Å². The van der Waals surface area contributed by atoms with E-state index in [1.165, 1.54) is 19.2 Å². The Bertz CT molecular complexity index is 706. The fourth-order valence-corrected chi connectivity index (χ4v) is 2.47. The molecule has 0 N–H and O–H groups in total. The van der Waals surface area contributed by atoms with Crippen molar-refractivity contribution in [3.63, 3.8) is 0 Å². The van der Waals surface area contributed by atoms with Crippen molar-refractivity contribution in [1.82, 2.24) is 4.98 Å². The molecule has 2 aromatic rings. The monoisotopic (exact) mass is 315 g/mol. The van der Waals surface area contributed by atoms with Crippen LogP contribution in [0.5, 0.6) is 0 Å². The van der Waals surface area contributed by atoms with Gasteiger partial charge in [0.15, 0.2) is 0 Å². The topological polar surface area (TPSA) is 39.2 Å². The average molecular weight is 315 g/mol. The molecular formula is C19H22FNO2. The summed E-state index contributed by atoms with van der Waals surface area (Å²) < 4.78 is 18.2. The highest BCUT2D eigenvalue weighted by Crippen LogP contribution is 2.32. The molecular weight excluding hydrogens is 293 g/mol. The van der Waals surface area contributed by atoms with Crippen LogP contribution in [0.15, 0.2) is 30.3 Å². The summed E-state index contributed by atoms with van der Waals surface area (Å²) in [6.07, 6.45) is 0. The minimum absolute atomic E-state index is 0.0713. The van der Waals surface area contributed by atoms with E-state index in [9.17, 15) is 9.18 Å². The van der Waals surface area contributed by atoms with Gasteiger partial charge < -0.3 is 4.74 Å². The van der Waals surface area contributed by atoms with Gasteiger partial charge in [-0.3, -0.25) is 4.98 Å². The molecule has 0 aliphatic rings. The Morgan fingerprint density at radius 3 is 2.17 bits per heavy atom. The quantitative estimate of drug-likeness (QED) is 0.752. The number of ether oxygens (including phenoxy) is 1. The highest BCUT2D eigenvalue weighted by molar-refractivity contribution is 5.98. The molecule has 0 spiro atoms. The van der Waals surface area contributed by atoms with E-state index in [4.69, 9.17) is 4.74 Å². The number of halogens is 1. The number of aromatic nitrogens is 1. The van der Waals surface area contributed by atoms with E-state index in [-0.39, 0.29) is 17.7 Å². The molecule has 0 amide bonds. The average Bonchev–Trinajstić information content (AvgIpc) is 2.53. The van der Waals surface area contributed by atoms with Gasteiger partial charge in [0.1, 0.15) is 5.82 Å². The second kappa shape index (κ2) is 6.90. The summed E-state index contributed by atoms with van der Waals surface area (Å²) in [5.41, 5.74) is 3.58. The van der Waals surface area contributed by atoms with Gasteiger partial charge in [0, 0.05) is 5.69 Å². The van der Waals surface area contributed by atoms with Crippen LogP contribution in [0.3, 0.4) is 0 Å². The van der Waals surface area contributed by atoms with E-state index >= 15 is 0 Å². The van der Waals surface area contributed by atoms with Gasteiger partial charge in [0.25, 0.3) is 0 Å². The maximum Gasteiger partial charge on any atom is 0.340 e. The smallest absolute Gasteiger partial charge is 0.340 e. The number of hydrogen-bond donors (Lipinski definition) is 0. The third kappa shape index (κ3) is 3.58. The maximum atomic E-state index is 13.2. The first kappa shape index (κ1) is 17.1. The van der Waals surface area contributed by atoms with Gasteiger partial charge in [-0.25, -0.2) is 9.18 Å². The molecule has 1 aromatic heterocycles. The normalized spacial score (nSPS) is 11.1. The van der Waals surface area contributed by atoms with Gasteiger partial charge in [0.05, 0.1) is 18.4 Å². The van der Waals surface area contributed by atoms with Crippen LogP contribution in [0.1, 0.15) is 61.3 Å². The van der Waals surface area contributed by atoms with Gasteiger partial charge in [-0.05, 0) is 41.2 Å². The molecule has 1 heterocycles. The molecule has 0 bridgehead atoms. The summed E-state index contributed by atoms with van der Waals surface area (Å²) in [5, 5.41) is 0. The molecule has 3 nitrogen and oxygen atoms in total. The Hall–Kier alpha value is -2.23. The predicted molar refractivity (Wildman–Crippen MR) is 89.1 cm³/mol. The number of nitrogens with zero attached hydrogens (tertiary/aromatic N) is 1. The van der Waals surface area contributed by atoms with E-state index in [2.05, 4.69) is 18.8 Å². The van der Waals surface area contributed by atoms with Crippen LogP contribution in [0.2, 0.25) is 0 Å². The molecule has 23 heavy (non-hydrogen) atoms. The van der Waals surface area contributed by atoms with Crippen molar-refractivity contribution in [3.05, 3.63) is 53.1 Å². The zero-order valence-corrected chi connectivity index (χ0v) is 14.2. The number of hydrogen-bond acceptors (Lipinski definition) is 3. The standard InChI is InChI=1S/C19H22FNO2/c1-11(2)16-10-15(13-6-8-14(20)9-7-13)17(19(22)23-5)18(21-16)12(3)4/h6-12H,1-5H3. The third-order valence-corrected chi connectivity index (χ3v) is 3.75. The summed E-state index contributed by atoms with van der Waals surface area (Å²) in [4.78, 5) is 17.0. The second-order valence-electron chi connectivity index (χ2n) is 6.16. The van der Waals surface area contributed by atoms with Crippen molar-refractivity contribution >= 4 is 5.97 Å². The number of pyridine rings is 1. The van der Waals surface area contributed by atoms with Crippen LogP contribution in [0.4, 0.5) is 4.39 Å². The van der Waals surface area contributed by atoms with Crippen molar-refractivity contribution in [1.29, 1.82) is 0 Å². The Labute approximate surface area is 136 Å². The predicted octanol–water partition coefficient (Wildman–Crippen LogP) is 4.92. The molecule has 2 rings (SSSR count).